The molecule has 9 nitrogen and oxygen atoms in total. The van der Waals surface area contributed by atoms with E-state index in [-0.39, 0.29) is 28.0 Å². The summed E-state index contributed by atoms with van der Waals surface area (Å²) in [7, 11) is 0. The number of aromatic hydroxyl groups is 1. The Morgan fingerprint density at radius 2 is 1.68 bits per heavy atom. The molecule has 25 heavy (non-hydrogen) atoms. The number of hydrogen-bond donors (Lipinski definition) is 1. The first-order valence-corrected chi connectivity index (χ1v) is 6.99. The van der Waals surface area contributed by atoms with Crippen molar-refractivity contribution in [2.75, 3.05) is 0 Å². The Morgan fingerprint density at radius 1 is 1.04 bits per heavy atom. The first-order valence-electron chi connectivity index (χ1n) is 6.99. The summed E-state index contributed by atoms with van der Waals surface area (Å²) < 4.78 is 5.45. The standard InChI is InChI=1S/C16H10N2O7/c1-8-6-11-13(19)14(20)15(25-16(11)12(7-8)18(23)24)9-2-4-10(5-3-9)17(21)22/h2-7,20H,1H3. The Kier molecular flexibility index (Phi) is 3.68. The van der Waals surface area contributed by atoms with Crippen LogP contribution < -0.4 is 5.43 Å². The molecule has 1 aromatic heterocycles. The van der Waals surface area contributed by atoms with Crippen molar-refractivity contribution in [1.29, 1.82) is 0 Å². The van der Waals surface area contributed by atoms with Crippen LogP contribution in [-0.4, -0.2) is 15.0 Å². The van der Waals surface area contributed by atoms with Gasteiger partial charge in [0.2, 0.25) is 16.8 Å². The molecular weight excluding hydrogens is 332 g/mol. The van der Waals surface area contributed by atoms with E-state index in [1.807, 2.05) is 0 Å². The minimum Gasteiger partial charge on any atom is -0.502 e. The Balaban J connectivity index is 2.33. The van der Waals surface area contributed by atoms with Crippen LogP contribution in [-0.2, 0) is 0 Å². The molecule has 0 unspecified atom stereocenters. The fourth-order valence-corrected chi connectivity index (χ4v) is 2.48. The lowest BCUT2D eigenvalue weighted by atomic mass is 10.1. The zero-order valence-electron chi connectivity index (χ0n) is 12.8. The monoisotopic (exact) mass is 342 g/mol. The van der Waals surface area contributed by atoms with Crippen LogP contribution in [0.1, 0.15) is 5.56 Å². The van der Waals surface area contributed by atoms with E-state index < -0.39 is 26.7 Å². The van der Waals surface area contributed by atoms with Crippen LogP contribution in [0.2, 0.25) is 0 Å². The summed E-state index contributed by atoms with van der Waals surface area (Å²) in [4.78, 5) is 33.0. The summed E-state index contributed by atoms with van der Waals surface area (Å²) >= 11 is 0. The van der Waals surface area contributed by atoms with Crippen LogP contribution in [0.5, 0.6) is 5.75 Å². The van der Waals surface area contributed by atoms with Crippen LogP contribution in [0.4, 0.5) is 11.4 Å². The highest BCUT2D eigenvalue weighted by atomic mass is 16.6. The summed E-state index contributed by atoms with van der Waals surface area (Å²) in [6.07, 6.45) is 0. The van der Waals surface area contributed by atoms with E-state index >= 15 is 0 Å². The van der Waals surface area contributed by atoms with Crippen LogP contribution in [0.25, 0.3) is 22.3 Å². The first kappa shape index (κ1) is 16.1. The van der Waals surface area contributed by atoms with Crippen molar-refractivity contribution < 1.29 is 19.4 Å². The molecule has 0 bridgehead atoms. The van der Waals surface area contributed by atoms with Crippen molar-refractivity contribution >= 4 is 22.3 Å². The van der Waals surface area contributed by atoms with Crippen molar-refractivity contribution in [3.05, 3.63) is 72.4 Å². The molecule has 0 saturated heterocycles. The van der Waals surface area contributed by atoms with Gasteiger partial charge in [0, 0.05) is 23.8 Å². The molecule has 0 fully saturated rings. The van der Waals surface area contributed by atoms with Gasteiger partial charge in [0.15, 0.2) is 5.76 Å². The smallest absolute Gasteiger partial charge is 0.312 e. The average Bonchev–Trinajstić information content (AvgIpc) is 2.58. The van der Waals surface area contributed by atoms with Gasteiger partial charge >= 0.3 is 5.69 Å². The molecule has 9 heteroatoms. The van der Waals surface area contributed by atoms with E-state index in [1.54, 1.807) is 6.92 Å². The van der Waals surface area contributed by atoms with Crippen molar-refractivity contribution in [1.82, 2.24) is 0 Å². The largest absolute Gasteiger partial charge is 0.502 e. The lowest BCUT2D eigenvalue weighted by molar-refractivity contribution is -0.384. The van der Waals surface area contributed by atoms with Gasteiger partial charge in [0.25, 0.3) is 5.69 Å². The number of non-ortho nitro benzene ring substituents is 2. The number of fused-ring (bicyclic) bond motifs is 1. The number of aryl methyl sites for hydroxylation is 1. The van der Waals surface area contributed by atoms with Crippen molar-refractivity contribution in [2.24, 2.45) is 0 Å². The predicted molar refractivity (Wildman–Crippen MR) is 87.6 cm³/mol. The lowest BCUT2D eigenvalue weighted by Crippen LogP contribution is -2.04. The van der Waals surface area contributed by atoms with Gasteiger partial charge < -0.3 is 9.52 Å². The molecule has 126 valence electrons. The molecule has 0 radical (unpaired) electrons. The van der Waals surface area contributed by atoms with Gasteiger partial charge in [-0.3, -0.25) is 25.0 Å². The zero-order valence-corrected chi connectivity index (χ0v) is 12.8. The Bertz CT molecular complexity index is 1080. The Labute approximate surface area is 139 Å². The number of nitro benzene ring substituents is 2. The van der Waals surface area contributed by atoms with E-state index in [4.69, 9.17) is 4.42 Å². The van der Waals surface area contributed by atoms with Crippen molar-refractivity contribution in [3.63, 3.8) is 0 Å². The number of nitrogens with zero attached hydrogens (tertiary/aromatic N) is 2. The van der Waals surface area contributed by atoms with Gasteiger partial charge in [-0.1, -0.05) is 0 Å². The summed E-state index contributed by atoms with van der Waals surface area (Å²) in [6.45, 7) is 1.58. The molecule has 3 rings (SSSR count). The number of hydrogen-bond acceptors (Lipinski definition) is 7. The molecule has 0 amide bonds. The summed E-state index contributed by atoms with van der Waals surface area (Å²) in [5, 5.41) is 32.0. The van der Waals surface area contributed by atoms with Gasteiger partial charge in [-0.25, -0.2) is 0 Å². The summed E-state index contributed by atoms with van der Waals surface area (Å²) in [6, 6.07) is 7.53. The molecular formula is C16H10N2O7. The highest BCUT2D eigenvalue weighted by Crippen LogP contribution is 2.34. The average molecular weight is 342 g/mol. The SMILES string of the molecule is Cc1cc([N+](=O)[O-])c2oc(-c3ccc([N+](=O)[O-])cc3)c(O)c(=O)c2c1. The number of benzene rings is 2. The number of nitro groups is 2. The van der Waals surface area contributed by atoms with Gasteiger partial charge in [0.1, 0.15) is 0 Å². The third kappa shape index (κ3) is 2.67. The van der Waals surface area contributed by atoms with Gasteiger partial charge in [-0.2, -0.15) is 0 Å². The molecule has 3 aromatic rings. The summed E-state index contributed by atoms with van der Waals surface area (Å²) in [5.41, 5.74) is -1.04. The highest BCUT2D eigenvalue weighted by molar-refractivity contribution is 5.89. The minimum absolute atomic E-state index is 0.116. The third-order valence-corrected chi connectivity index (χ3v) is 3.63. The fraction of sp³-hybridized carbons (Fsp3) is 0.0625. The maximum atomic E-state index is 12.4. The van der Waals surface area contributed by atoms with Crippen molar-refractivity contribution in [2.45, 2.75) is 6.92 Å². The summed E-state index contributed by atoms with van der Waals surface area (Å²) in [5.74, 6) is -1.01. The first-order chi connectivity index (χ1) is 11.8. The maximum Gasteiger partial charge on any atom is 0.312 e. The van der Waals surface area contributed by atoms with E-state index in [1.165, 1.54) is 36.4 Å². The predicted octanol–water partition coefficient (Wildman–Crippen LogP) is 3.29. The molecule has 0 aliphatic carbocycles. The topological polar surface area (TPSA) is 137 Å². The second-order valence-corrected chi connectivity index (χ2v) is 5.33. The maximum absolute atomic E-state index is 12.4. The minimum atomic E-state index is -0.818. The van der Waals surface area contributed by atoms with Crippen LogP contribution in [0, 0.1) is 27.2 Å². The zero-order chi connectivity index (χ0) is 18.3. The molecule has 0 aliphatic rings. The van der Waals surface area contributed by atoms with E-state index in [0.717, 1.165) is 0 Å². The molecule has 0 spiro atoms. The molecule has 0 atom stereocenters. The highest BCUT2D eigenvalue weighted by Gasteiger charge is 2.23. The van der Waals surface area contributed by atoms with Crippen LogP contribution in [0.3, 0.4) is 0 Å². The number of rotatable bonds is 3. The van der Waals surface area contributed by atoms with Gasteiger partial charge in [0.05, 0.1) is 15.2 Å². The third-order valence-electron chi connectivity index (χ3n) is 3.63. The van der Waals surface area contributed by atoms with Gasteiger partial charge in [-0.05, 0) is 30.7 Å². The van der Waals surface area contributed by atoms with E-state index in [0.29, 0.717) is 5.56 Å². The lowest BCUT2D eigenvalue weighted by Gasteiger charge is -2.07. The van der Waals surface area contributed by atoms with Gasteiger partial charge in [-0.15, -0.1) is 0 Å². The molecule has 0 saturated carbocycles. The van der Waals surface area contributed by atoms with E-state index in [2.05, 4.69) is 0 Å². The quantitative estimate of drug-likeness (QED) is 0.569. The normalized spacial score (nSPS) is 10.8. The van der Waals surface area contributed by atoms with Crippen LogP contribution >= 0.6 is 0 Å². The Morgan fingerprint density at radius 3 is 2.24 bits per heavy atom. The second kappa shape index (κ2) is 5.71. The molecule has 2 aromatic carbocycles. The van der Waals surface area contributed by atoms with E-state index in [9.17, 15) is 30.1 Å². The molecule has 0 aliphatic heterocycles. The second-order valence-electron chi connectivity index (χ2n) is 5.33. The Hall–Kier alpha value is -3.75. The van der Waals surface area contributed by atoms with Crippen molar-refractivity contribution in [3.8, 4) is 17.1 Å². The molecule has 1 heterocycles. The van der Waals surface area contributed by atoms with Crippen LogP contribution in [0.15, 0.2) is 45.6 Å². The molecule has 1 N–H and O–H groups in total. The fourth-order valence-electron chi connectivity index (χ4n) is 2.48.